The van der Waals surface area contributed by atoms with Crippen LogP contribution in [0.4, 0.5) is 0 Å². The summed E-state index contributed by atoms with van der Waals surface area (Å²) in [5, 5.41) is 13.8. The molecule has 0 heterocycles. The number of rotatable bonds is 4. The van der Waals surface area contributed by atoms with E-state index in [-0.39, 0.29) is 12.3 Å². The molecule has 1 saturated carbocycles. The van der Waals surface area contributed by atoms with Crippen molar-refractivity contribution < 1.29 is 9.90 Å². The van der Waals surface area contributed by atoms with Gasteiger partial charge >= 0.3 is 0 Å². The van der Waals surface area contributed by atoms with Crippen LogP contribution in [0.1, 0.15) is 44.1 Å². The highest BCUT2D eigenvalue weighted by Gasteiger charge is 2.31. The lowest BCUT2D eigenvalue weighted by atomic mass is 9.82. The molecule has 3 nitrogen and oxygen atoms in total. The molecule has 2 N–H and O–H groups in total. The van der Waals surface area contributed by atoms with Crippen molar-refractivity contribution >= 4 is 17.5 Å². The predicted octanol–water partition coefficient (Wildman–Crippen LogP) is 3.04. The second-order valence-electron chi connectivity index (χ2n) is 5.37. The molecule has 104 valence electrons. The number of carbonyl (C=O) groups excluding carboxylic acids is 1. The third-order valence-corrected chi connectivity index (χ3v) is 3.89. The molecule has 1 aliphatic carbocycles. The lowest BCUT2D eigenvalue weighted by Gasteiger charge is -2.31. The Kier molecular flexibility index (Phi) is 4.83. The smallest absolute Gasteiger partial charge is 0.223 e. The zero-order valence-electron chi connectivity index (χ0n) is 11.0. The zero-order valence-corrected chi connectivity index (χ0v) is 11.7. The van der Waals surface area contributed by atoms with Crippen LogP contribution >= 0.6 is 11.6 Å². The molecule has 1 aromatic rings. The van der Waals surface area contributed by atoms with Crippen molar-refractivity contribution in [2.24, 2.45) is 0 Å². The lowest BCUT2D eigenvalue weighted by molar-refractivity contribution is -0.127. The van der Waals surface area contributed by atoms with Crippen molar-refractivity contribution in [1.29, 1.82) is 0 Å². The Labute approximate surface area is 119 Å². The summed E-state index contributed by atoms with van der Waals surface area (Å²) in [7, 11) is 0. The second kappa shape index (κ2) is 6.40. The molecule has 0 atom stereocenters. The molecule has 2 rings (SSSR count). The summed E-state index contributed by atoms with van der Waals surface area (Å²) in [6.07, 6.45) is 4.85. The number of nitrogens with one attached hydrogen (secondary N) is 1. The highest BCUT2D eigenvalue weighted by Crippen LogP contribution is 2.30. The quantitative estimate of drug-likeness (QED) is 0.891. The van der Waals surface area contributed by atoms with Gasteiger partial charge in [-0.2, -0.15) is 0 Å². The van der Waals surface area contributed by atoms with Gasteiger partial charge in [-0.25, -0.2) is 0 Å². The summed E-state index contributed by atoms with van der Waals surface area (Å²) < 4.78 is 0. The Balaban J connectivity index is 1.81. The molecule has 0 saturated heterocycles. The van der Waals surface area contributed by atoms with Gasteiger partial charge in [-0.05, 0) is 30.5 Å². The molecule has 0 radical (unpaired) electrons. The minimum absolute atomic E-state index is 0.0932. The van der Waals surface area contributed by atoms with Crippen molar-refractivity contribution in [3.63, 3.8) is 0 Å². The molecule has 4 heteroatoms. The van der Waals surface area contributed by atoms with Crippen LogP contribution in [-0.2, 0) is 11.3 Å². The Morgan fingerprint density at radius 3 is 2.74 bits per heavy atom. The van der Waals surface area contributed by atoms with E-state index in [2.05, 4.69) is 5.32 Å². The average Bonchev–Trinajstić information content (AvgIpc) is 2.37. The van der Waals surface area contributed by atoms with Gasteiger partial charge in [-0.1, -0.05) is 43.0 Å². The van der Waals surface area contributed by atoms with E-state index in [4.69, 9.17) is 11.6 Å². The Morgan fingerprint density at radius 2 is 2.05 bits per heavy atom. The SMILES string of the molecule is O=C(CC1(O)CCCCC1)NCc1cccc(Cl)c1. The molecule has 0 unspecified atom stereocenters. The summed E-state index contributed by atoms with van der Waals surface area (Å²) in [6.45, 7) is 0.454. The van der Waals surface area contributed by atoms with E-state index in [1.54, 1.807) is 6.07 Å². The lowest BCUT2D eigenvalue weighted by Crippen LogP contribution is -2.38. The van der Waals surface area contributed by atoms with Gasteiger partial charge in [-0.3, -0.25) is 4.79 Å². The Hall–Kier alpha value is -1.06. The van der Waals surface area contributed by atoms with Gasteiger partial charge < -0.3 is 10.4 Å². The topological polar surface area (TPSA) is 49.3 Å². The third-order valence-electron chi connectivity index (χ3n) is 3.65. The maximum Gasteiger partial charge on any atom is 0.223 e. The molecule has 1 fully saturated rings. The minimum atomic E-state index is -0.795. The highest BCUT2D eigenvalue weighted by atomic mass is 35.5. The largest absolute Gasteiger partial charge is 0.389 e. The van der Waals surface area contributed by atoms with Gasteiger partial charge in [0.2, 0.25) is 5.91 Å². The molecular formula is C15H20ClNO2. The molecule has 1 amide bonds. The van der Waals surface area contributed by atoms with Crippen LogP contribution in [0.25, 0.3) is 0 Å². The summed E-state index contributed by atoms with van der Waals surface area (Å²) in [5.74, 6) is -0.0932. The molecule has 1 aromatic carbocycles. The van der Waals surface area contributed by atoms with Crippen molar-refractivity contribution in [3.05, 3.63) is 34.9 Å². The van der Waals surface area contributed by atoms with Crippen LogP contribution in [0, 0.1) is 0 Å². The van der Waals surface area contributed by atoms with Crippen LogP contribution in [0.5, 0.6) is 0 Å². The Bertz CT molecular complexity index is 442. The van der Waals surface area contributed by atoms with E-state index < -0.39 is 5.60 Å². The van der Waals surface area contributed by atoms with Crippen molar-refractivity contribution in [3.8, 4) is 0 Å². The second-order valence-corrected chi connectivity index (χ2v) is 5.80. The Morgan fingerprint density at radius 1 is 1.32 bits per heavy atom. The van der Waals surface area contributed by atoms with Crippen LogP contribution < -0.4 is 5.32 Å². The maximum absolute atomic E-state index is 11.9. The molecule has 1 aliphatic rings. The first-order valence-corrected chi connectivity index (χ1v) is 7.19. The molecule has 0 aliphatic heterocycles. The minimum Gasteiger partial charge on any atom is -0.389 e. The summed E-state index contributed by atoms with van der Waals surface area (Å²) in [5.41, 5.74) is 0.174. The van der Waals surface area contributed by atoms with Gasteiger partial charge in [-0.15, -0.1) is 0 Å². The number of benzene rings is 1. The van der Waals surface area contributed by atoms with E-state index in [1.165, 1.54) is 0 Å². The fourth-order valence-electron chi connectivity index (χ4n) is 2.60. The van der Waals surface area contributed by atoms with E-state index in [0.29, 0.717) is 11.6 Å². The monoisotopic (exact) mass is 281 g/mol. The van der Waals surface area contributed by atoms with Crippen LogP contribution in [-0.4, -0.2) is 16.6 Å². The fourth-order valence-corrected chi connectivity index (χ4v) is 2.81. The van der Waals surface area contributed by atoms with E-state index in [1.807, 2.05) is 18.2 Å². The molecule has 0 aromatic heterocycles. The zero-order chi connectivity index (χ0) is 13.7. The number of amides is 1. The van der Waals surface area contributed by atoms with Gasteiger partial charge in [0, 0.05) is 11.6 Å². The molecular weight excluding hydrogens is 262 g/mol. The number of aliphatic hydroxyl groups is 1. The normalized spacial score (nSPS) is 18.0. The van der Waals surface area contributed by atoms with Crippen molar-refractivity contribution in [2.75, 3.05) is 0 Å². The predicted molar refractivity (Wildman–Crippen MR) is 76.0 cm³/mol. The first-order chi connectivity index (χ1) is 9.07. The molecule has 0 bridgehead atoms. The number of hydrogen-bond acceptors (Lipinski definition) is 2. The number of halogens is 1. The highest BCUT2D eigenvalue weighted by molar-refractivity contribution is 6.30. The van der Waals surface area contributed by atoms with Gasteiger partial charge in [0.15, 0.2) is 0 Å². The van der Waals surface area contributed by atoms with Crippen molar-refractivity contribution in [2.45, 2.75) is 50.7 Å². The third kappa shape index (κ3) is 4.51. The standard InChI is InChI=1S/C15H20ClNO2/c16-13-6-4-5-12(9-13)11-17-14(18)10-15(19)7-2-1-3-8-15/h4-6,9,19H,1-3,7-8,10-11H2,(H,17,18). The van der Waals surface area contributed by atoms with E-state index in [0.717, 1.165) is 37.7 Å². The summed E-state index contributed by atoms with van der Waals surface area (Å²) >= 11 is 5.89. The summed E-state index contributed by atoms with van der Waals surface area (Å²) in [4.78, 5) is 11.9. The maximum atomic E-state index is 11.9. The molecule has 0 spiro atoms. The van der Waals surface area contributed by atoms with Gasteiger partial charge in [0.05, 0.1) is 12.0 Å². The van der Waals surface area contributed by atoms with Gasteiger partial charge in [0.25, 0.3) is 0 Å². The first kappa shape index (κ1) is 14.4. The summed E-state index contributed by atoms with van der Waals surface area (Å²) in [6, 6.07) is 7.41. The molecule has 19 heavy (non-hydrogen) atoms. The van der Waals surface area contributed by atoms with Crippen molar-refractivity contribution in [1.82, 2.24) is 5.32 Å². The van der Waals surface area contributed by atoms with E-state index >= 15 is 0 Å². The first-order valence-electron chi connectivity index (χ1n) is 6.81. The number of carbonyl (C=O) groups is 1. The van der Waals surface area contributed by atoms with Gasteiger partial charge in [0.1, 0.15) is 0 Å². The number of hydrogen-bond donors (Lipinski definition) is 2. The van der Waals surface area contributed by atoms with E-state index in [9.17, 15) is 9.90 Å². The van der Waals surface area contributed by atoms with Crippen LogP contribution in [0.15, 0.2) is 24.3 Å². The fraction of sp³-hybridized carbons (Fsp3) is 0.533. The van der Waals surface area contributed by atoms with Crippen LogP contribution in [0.3, 0.4) is 0 Å². The van der Waals surface area contributed by atoms with Crippen LogP contribution in [0.2, 0.25) is 5.02 Å². The average molecular weight is 282 g/mol.